The number of anilines is 1. The lowest BCUT2D eigenvalue weighted by atomic mass is 9.83. The Hall–Kier alpha value is -2.81. The van der Waals surface area contributed by atoms with Gasteiger partial charge in [0, 0.05) is 60.4 Å². The quantitative estimate of drug-likeness (QED) is 0.325. The first kappa shape index (κ1) is 22.5. The summed E-state index contributed by atoms with van der Waals surface area (Å²) in [6.45, 7) is 14.4. The fraction of sp³-hybridized carbons (Fsp3) is 0.346. The molecule has 0 N–H and O–H groups in total. The van der Waals surface area contributed by atoms with Crippen molar-refractivity contribution in [2.24, 2.45) is 5.41 Å². The van der Waals surface area contributed by atoms with Gasteiger partial charge in [0.05, 0.1) is 0 Å². The van der Waals surface area contributed by atoms with E-state index < -0.39 is 0 Å². The maximum absolute atomic E-state index is 13.1. The number of fused-ring (bicyclic) bond motifs is 1. The topological polar surface area (TPSA) is 23.6 Å². The number of carbonyl (C=O) groups excluding carboxylic acids is 1. The molecular weight excluding hydrogens is 356 g/mol. The zero-order chi connectivity index (χ0) is 21.8. The standard InChI is InChI=1S/C26H34N2O/c1-9-11-14-17-27(7)23(25(3,4)10-2)18-20(29)19-24-26(5,6)21-15-12-13-16-22(21)28(24)8/h9-19H,2H2,1,3-8H3/b11-9-,17-14+,23-18+,24-19+. The summed E-state index contributed by atoms with van der Waals surface area (Å²) in [7, 11) is 3.98. The van der Waals surface area contributed by atoms with Crippen molar-refractivity contribution in [1.82, 2.24) is 4.90 Å². The number of benzene rings is 1. The minimum Gasteiger partial charge on any atom is -0.354 e. The molecule has 0 aromatic heterocycles. The van der Waals surface area contributed by atoms with Crippen molar-refractivity contribution in [3.8, 4) is 0 Å². The number of hydrogen-bond donors (Lipinski definition) is 0. The van der Waals surface area contributed by atoms with Gasteiger partial charge in [0.1, 0.15) is 0 Å². The lowest BCUT2D eigenvalue weighted by Crippen LogP contribution is -2.26. The van der Waals surface area contributed by atoms with Crippen LogP contribution in [0.2, 0.25) is 0 Å². The van der Waals surface area contributed by atoms with Gasteiger partial charge in [-0.3, -0.25) is 4.79 Å². The first-order valence-corrected chi connectivity index (χ1v) is 10.0. The summed E-state index contributed by atoms with van der Waals surface area (Å²) in [5.41, 5.74) is 3.72. The molecule has 2 rings (SSSR count). The minimum atomic E-state index is -0.344. The highest BCUT2D eigenvalue weighted by atomic mass is 16.1. The van der Waals surface area contributed by atoms with Crippen LogP contribution in [0.3, 0.4) is 0 Å². The van der Waals surface area contributed by atoms with Gasteiger partial charge in [-0.15, -0.1) is 6.58 Å². The van der Waals surface area contributed by atoms with Crippen LogP contribution in [-0.2, 0) is 10.2 Å². The molecule has 1 aromatic carbocycles. The van der Waals surface area contributed by atoms with Crippen molar-refractivity contribution in [2.75, 3.05) is 19.0 Å². The van der Waals surface area contributed by atoms with Gasteiger partial charge >= 0.3 is 0 Å². The molecule has 3 nitrogen and oxygen atoms in total. The minimum absolute atomic E-state index is 0.0241. The highest BCUT2D eigenvalue weighted by Gasteiger charge is 2.38. The van der Waals surface area contributed by atoms with E-state index in [1.165, 1.54) is 5.56 Å². The molecule has 1 aliphatic rings. The summed E-state index contributed by atoms with van der Waals surface area (Å²) in [4.78, 5) is 17.2. The van der Waals surface area contributed by atoms with E-state index in [4.69, 9.17) is 0 Å². The summed E-state index contributed by atoms with van der Waals surface area (Å²) in [6.07, 6.45) is 13.2. The van der Waals surface area contributed by atoms with Crippen LogP contribution in [-0.4, -0.2) is 24.8 Å². The third-order valence-corrected chi connectivity index (χ3v) is 5.66. The number of rotatable bonds is 7. The summed E-state index contributed by atoms with van der Waals surface area (Å²) < 4.78 is 0. The molecule has 0 fully saturated rings. The summed E-state index contributed by atoms with van der Waals surface area (Å²) in [5, 5.41) is 0. The molecule has 1 aliphatic heterocycles. The Morgan fingerprint density at radius 1 is 1.21 bits per heavy atom. The van der Waals surface area contributed by atoms with Crippen LogP contribution in [0.4, 0.5) is 5.69 Å². The number of ketones is 1. The van der Waals surface area contributed by atoms with E-state index in [1.807, 2.05) is 62.5 Å². The monoisotopic (exact) mass is 390 g/mol. The Morgan fingerprint density at radius 2 is 1.86 bits per heavy atom. The molecular formula is C26H34N2O. The number of carbonyl (C=O) groups is 1. The first-order valence-electron chi connectivity index (χ1n) is 10.0. The molecule has 1 heterocycles. The van der Waals surface area contributed by atoms with Crippen LogP contribution in [0.25, 0.3) is 0 Å². The van der Waals surface area contributed by atoms with E-state index in [9.17, 15) is 4.79 Å². The second-order valence-electron chi connectivity index (χ2n) is 8.57. The van der Waals surface area contributed by atoms with Gasteiger partial charge in [-0.1, -0.05) is 64.1 Å². The van der Waals surface area contributed by atoms with Gasteiger partial charge in [0.25, 0.3) is 0 Å². The van der Waals surface area contributed by atoms with E-state index in [-0.39, 0.29) is 16.6 Å². The van der Waals surface area contributed by atoms with E-state index >= 15 is 0 Å². The number of likely N-dealkylation sites (N-methyl/N-ethyl adjacent to an activating group) is 1. The Bertz CT molecular complexity index is 897. The van der Waals surface area contributed by atoms with Crippen LogP contribution in [0.1, 0.15) is 40.2 Å². The maximum atomic E-state index is 13.1. The summed E-state index contributed by atoms with van der Waals surface area (Å²) in [5.74, 6) is -0.0241. The fourth-order valence-electron chi connectivity index (χ4n) is 3.79. The van der Waals surface area contributed by atoms with Crippen LogP contribution >= 0.6 is 0 Å². The predicted octanol–water partition coefficient (Wildman–Crippen LogP) is 5.98. The third-order valence-electron chi connectivity index (χ3n) is 5.66. The molecule has 0 saturated heterocycles. The second kappa shape index (κ2) is 8.69. The molecule has 0 bridgehead atoms. The van der Waals surface area contributed by atoms with Crippen molar-refractivity contribution < 1.29 is 4.79 Å². The molecule has 0 atom stereocenters. The van der Waals surface area contributed by atoms with Gasteiger partial charge in [-0.25, -0.2) is 0 Å². The lowest BCUT2D eigenvalue weighted by Gasteiger charge is -2.30. The molecule has 29 heavy (non-hydrogen) atoms. The van der Waals surface area contributed by atoms with E-state index in [1.54, 1.807) is 12.2 Å². The van der Waals surface area contributed by atoms with Crippen LogP contribution in [0, 0.1) is 5.41 Å². The summed E-state index contributed by atoms with van der Waals surface area (Å²) >= 11 is 0. The van der Waals surface area contributed by atoms with Crippen molar-refractivity contribution in [3.05, 3.63) is 90.5 Å². The predicted molar refractivity (Wildman–Crippen MR) is 125 cm³/mol. The molecule has 1 aromatic rings. The van der Waals surface area contributed by atoms with E-state index in [2.05, 4.69) is 57.4 Å². The first-order chi connectivity index (χ1) is 13.6. The van der Waals surface area contributed by atoms with Crippen molar-refractivity contribution in [2.45, 2.75) is 40.0 Å². The van der Waals surface area contributed by atoms with Crippen LogP contribution in [0.5, 0.6) is 0 Å². The molecule has 0 saturated carbocycles. The smallest absolute Gasteiger partial charge is 0.182 e. The molecule has 3 heteroatoms. The second-order valence-corrected chi connectivity index (χ2v) is 8.57. The Morgan fingerprint density at radius 3 is 2.45 bits per heavy atom. The molecule has 0 spiro atoms. The van der Waals surface area contributed by atoms with Gasteiger partial charge in [-0.05, 0) is 24.6 Å². The zero-order valence-electron chi connectivity index (χ0n) is 18.9. The Labute approximate surface area is 176 Å². The largest absolute Gasteiger partial charge is 0.354 e. The number of para-hydroxylation sites is 1. The molecule has 0 amide bonds. The summed E-state index contributed by atoms with van der Waals surface area (Å²) in [6, 6.07) is 8.33. The molecule has 0 unspecified atom stereocenters. The number of nitrogens with zero attached hydrogens (tertiary/aromatic N) is 2. The number of hydrogen-bond acceptors (Lipinski definition) is 3. The van der Waals surface area contributed by atoms with Gasteiger partial charge < -0.3 is 9.80 Å². The van der Waals surface area contributed by atoms with Crippen LogP contribution in [0.15, 0.2) is 84.9 Å². The van der Waals surface area contributed by atoms with E-state index in [0.29, 0.717) is 0 Å². The normalized spacial score (nSPS) is 18.0. The van der Waals surface area contributed by atoms with Crippen molar-refractivity contribution in [3.63, 3.8) is 0 Å². The van der Waals surface area contributed by atoms with Crippen molar-refractivity contribution in [1.29, 1.82) is 0 Å². The lowest BCUT2D eigenvalue weighted by molar-refractivity contribution is -0.110. The molecule has 0 radical (unpaired) electrons. The molecule has 154 valence electrons. The Balaban J connectivity index is 2.45. The van der Waals surface area contributed by atoms with Crippen molar-refractivity contribution >= 4 is 11.5 Å². The average molecular weight is 391 g/mol. The van der Waals surface area contributed by atoms with Gasteiger partial charge in [0.15, 0.2) is 5.78 Å². The highest BCUT2D eigenvalue weighted by Crippen LogP contribution is 2.46. The highest BCUT2D eigenvalue weighted by molar-refractivity contribution is 6.01. The molecule has 0 aliphatic carbocycles. The zero-order valence-corrected chi connectivity index (χ0v) is 18.9. The maximum Gasteiger partial charge on any atom is 0.182 e. The van der Waals surface area contributed by atoms with Gasteiger partial charge in [-0.2, -0.15) is 0 Å². The fourth-order valence-corrected chi connectivity index (χ4v) is 3.79. The van der Waals surface area contributed by atoms with E-state index in [0.717, 1.165) is 17.1 Å². The average Bonchev–Trinajstić information content (AvgIpc) is 2.87. The number of allylic oxidation sites excluding steroid dienone is 7. The van der Waals surface area contributed by atoms with Gasteiger partial charge in [0.2, 0.25) is 0 Å². The SMILES string of the molecule is C=CC(C)(C)/C(=C\C(=O)/C=C1/N(C)c2ccccc2C1(C)C)N(C)/C=C/C=C\C. The Kier molecular flexibility index (Phi) is 6.73. The van der Waals surface area contributed by atoms with Crippen LogP contribution < -0.4 is 4.90 Å². The third kappa shape index (κ3) is 4.61.